The van der Waals surface area contributed by atoms with Crippen molar-refractivity contribution in [3.8, 4) is 11.5 Å². The van der Waals surface area contributed by atoms with Crippen molar-refractivity contribution in [1.29, 1.82) is 0 Å². The van der Waals surface area contributed by atoms with Crippen molar-refractivity contribution < 1.29 is 14.3 Å². The van der Waals surface area contributed by atoms with Crippen LogP contribution >= 0.6 is 0 Å². The second-order valence-electron chi connectivity index (χ2n) is 6.85. The van der Waals surface area contributed by atoms with E-state index in [4.69, 9.17) is 9.47 Å². The third-order valence-corrected chi connectivity index (χ3v) is 4.59. The Bertz CT molecular complexity index is 783. The van der Waals surface area contributed by atoms with Crippen LogP contribution in [-0.2, 0) is 4.79 Å². The van der Waals surface area contributed by atoms with Crippen LogP contribution in [0.3, 0.4) is 0 Å². The third-order valence-electron chi connectivity index (χ3n) is 4.59. The van der Waals surface area contributed by atoms with Crippen LogP contribution in [0.5, 0.6) is 11.5 Å². The van der Waals surface area contributed by atoms with E-state index in [-0.39, 0.29) is 5.91 Å². The molecule has 2 aromatic carbocycles. The zero-order valence-electron chi connectivity index (χ0n) is 16.6. The fourth-order valence-corrected chi connectivity index (χ4v) is 2.66. The summed E-state index contributed by atoms with van der Waals surface area (Å²) in [5.41, 5.74) is 5.77. The highest BCUT2D eigenvalue weighted by atomic mass is 16.5. The second kappa shape index (κ2) is 8.75. The first-order valence-corrected chi connectivity index (χ1v) is 9.00. The van der Waals surface area contributed by atoms with Gasteiger partial charge in [-0.05, 0) is 87.6 Å². The number of benzene rings is 2. The van der Waals surface area contributed by atoms with E-state index in [1.54, 1.807) is 6.92 Å². The zero-order chi connectivity index (χ0) is 19.3. The molecule has 0 aliphatic rings. The first kappa shape index (κ1) is 19.8. The summed E-state index contributed by atoms with van der Waals surface area (Å²) in [6.07, 6.45) is -0.559. The van der Waals surface area contributed by atoms with Crippen LogP contribution < -0.4 is 14.8 Å². The number of nitrogens with one attached hydrogen (secondary N) is 1. The number of carbonyl (C=O) groups is 1. The smallest absolute Gasteiger partial charge is 0.260 e. The van der Waals surface area contributed by atoms with E-state index >= 15 is 0 Å². The molecule has 0 heterocycles. The maximum atomic E-state index is 12.2. The van der Waals surface area contributed by atoms with Gasteiger partial charge in [0.05, 0.1) is 6.54 Å². The van der Waals surface area contributed by atoms with Crippen LogP contribution in [0.4, 0.5) is 0 Å². The molecule has 0 spiro atoms. The summed E-state index contributed by atoms with van der Waals surface area (Å²) >= 11 is 0. The molecule has 1 atom stereocenters. The lowest BCUT2D eigenvalue weighted by molar-refractivity contribution is -0.127. The minimum Gasteiger partial charge on any atom is -0.492 e. The van der Waals surface area contributed by atoms with Gasteiger partial charge in [0.15, 0.2) is 6.10 Å². The van der Waals surface area contributed by atoms with Crippen LogP contribution in [0.2, 0.25) is 0 Å². The molecule has 0 unspecified atom stereocenters. The number of ether oxygens (including phenoxy) is 2. The Labute approximate surface area is 156 Å². The van der Waals surface area contributed by atoms with Crippen molar-refractivity contribution in [1.82, 2.24) is 5.32 Å². The molecule has 0 aliphatic heterocycles. The van der Waals surface area contributed by atoms with E-state index in [1.165, 1.54) is 11.1 Å². The highest BCUT2D eigenvalue weighted by Crippen LogP contribution is 2.24. The van der Waals surface area contributed by atoms with E-state index in [2.05, 4.69) is 25.2 Å². The average Bonchev–Trinajstić information content (AvgIpc) is 2.58. The van der Waals surface area contributed by atoms with E-state index in [1.807, 2.05) is 45.0 Å². The summed E-state index contributed by atoms with van der Waals surface area (Å²) in [5.74, 6) is 1.43. The summed E-state index contributed by atoms with van der Waals surface area (Å²) in [4.78, 5) is 12.2. The normalized spacial score (nSPS) is 11.8. The molecule has 0 fully saturated rings. The van der Waals surface area contributed by atoms with Gasteiger partial charge in [0.1, 0.15) is 18.1 Å². The fraction of sp³-hybridized carbons (Fsp3) is 0.409. The summed E-state index contributed by atoms with van der Waals surface area (Å²) in [7, 11) is 0. The van der Waals surface area contributed by atoms with E-state index in [0.29, 0.717) is 13.2 Å². The lowest BCUT2D eigenvalue weighted by Crippen LogP contribution is -2.38. The molecule has 2 aromatic rings. The predicted octanol–water partition coefficient (Wildman–Crippen LogP) is 4.19. The number of amides is 1. The summed E-state index contributed by atoms with van der Waals surface area (Å²) < 4.78 is 11.5. The Hall–Kier alpha value is -2.49. The van der Waals surface area contributed by atoms with Crippen molar-refractivity contribution in [2.75, 3.05) is 13.2 Å². The van der Waals surface area contributed by atoms with Crippen molar-refractivity contribution in [3.63, 3.8) is 0 Å². The van der Waals surface area contributed by atoms with E-state index < -0.39 is 6.10 Å². The molecule has 4 nitrogen and oxygen atoms in total. The Kier molecular flexibility index (Phi) is 6.67. The molecule has 0 aromatic heterocycles. The molecular formula is C22H29NO3. The minimum atomic E-state index is -0.559. The molecule has 140 valence electrons. The minimum absolute atomic E-state index is 0.146. The van der Waals surface area contributed by atoms with Crippen LogP contribution in [0, 0.1) is 34.6 Å². The average molecular weight is 355 g/mol. The van der Waals surface area contributed by atoms with Gasteiger partial charge in [-0.3, -0.25) is 4.79 Å². The molecule has 0 bridgehead atoms. The van der Waals surface area contributed by atoms with Gasteiger partial charge in [-0.15, -0.1) is 0 Å². The Morgan fingerprint density at radius 1 is 1.00 bits per heavy atom. The predicted molar refractivity (Wildman–Crippen MR) is 105 cm³/mol. The Morgan fingerprint density at radius 2 is 1.73 bits per heavy atom. The topological polar surface area (TPSA) is 47.6 Å². The molecule has 0 saturated heterocycles. The summed E-state index contributed by atoms with van der Waals surface area (Å²) in [5, 5.41) is 2.86. The van der Waals surface area contributed by atoms with E-state index in [9.17, 15) is 4.79 Å². The monoisotopic (exact) mass is 355 g/mol. The van der Waals surface area contributed by atoms with Crippen LogP contribution in [0.1, 0.15) is 34.7 Å². The highest BCUT2D eigenvalue weighted by Gasteiger charge is 2.16. The molecule has 1 amide bonds. The number of hydrogen-bond donors (Lipinski definition) is 1. The van der Waals surface area contributed by atoms with Crippen LogP contribution in [0.15, 0.2) is 30.3 Å². The van der Waals surface area contributed by atoms with Crippen LogP contribution in [0.25, 0.3) is 0 Å². The van der Waals surface area contributed by atoms with Gasteiger partial charge in [-0.1, -0.05) is 12.1 Å². The van der Waals surface area contributed by atoms with E-state index in [0.717, 1.165) is 28.2 Å². The zero-order valence-corrected chi connectivity index (χ0v) is 16.6. The molecule has 26 heavy (non-hydrogen) atoms. The quantitative estimate of drug-likeness (QED) is 0.758. The molecule has 0 radical (unpaired) electrons. The first-order valence-electron chi connectivity index (χ1n) is 9.00. The molecule has 1 N–H and O–H groups in total. The largest absolute Gasteiger partial charge is 0.492 e. The highest BCUT2D eigenvalue weighted by molar-refractivity contribution is 5.80. The Balaban J connectivity index is 1.81. The number of rotatable bonds is 7. The Morgan fingerprint density at radius 3 is 2.42 bits per heavy atom. The first-order chi connectivity index (χ1) is 12.3. The van der Waals surface area contributed by atoms with Crippen molar-refractivity contribution in [2.45, 2.75) is 47.6 Å². The van der Waals surface area contributed by atoms with Crippen molar-refractivity contribution in [2.24, 2.45) is 0 Å². The lowest BCUT2D eigenvalue weighted by atomic mass is 10.1. The SMILES string of the molecule is Cc1cc(C)c(C)c(O[C@@H](C)C(=O)NCCOc2ccc(C)c(C)c2)c1. The number of aryl methyl sites for hydroxylation is 4. The maximum Gasteiger partial charge on any atom is 0.260 e. The van der Waals surface area contributed by atoms with Gasteiger partial charge in [-0.25, -0.2) is 0 Å². The van der Waals surface area contributed by atoms with Gasteiger partial charge >= 0.3 is 0 Å². The standard InChI is InChI=1S/C22H29NO3/c1-14-11-17(4)18(5)21(12-14)26-19(6)22(24)23-9-10-25-20-8-7-15(2)16(3)13-20/h7-8,11-13,19H,9-10H2,1-6H3,(H,23,24)/t19-/m0/s1. The van der Waals surface area contributed by atoms with Gasteiger partial charge < -0.3 is 14.8 Å². The van der Waals surface area contributed by atoms with Gasteiger partial charge in [0.2, 0.25) is 0 Å². The van der Waals surface area contributed by atoms with Crippen LogP contribution in [-0.4, -0.2) is 25.2 Å². The second-order valence-corrected chi connectivity index (χ2v) is 6.85. The summed E-state index contributed by atoms with van der Waals surface area (Å²) in [6.45, 7) is 12.8. The number of hydrogen-bond acceptors (Lipinski definition) is 3. The fourth-order valence-electron chi connectivity index (χ4n) is 2.66. The van der Waals surface area contributed by atoms with Gasteiger partial charge in [0, 0.05) is 0 Å². The van der Waals surface area contributed by atoms with Crippen molar-refractivity contribution in [3.05, 3.63) is 58.1 Å². The lowest BCUT2D eigenvalue weighted by Gasteiger charge is -2.18. The van der Waals surface area contributed by atoms with Gasteiger partial charge in [-0.2, -0.15) is 0 Å². The molecule has 4 heteroatoms. The molecule has 0 saturated carbocycles. The molecular weight excluding hydrogens is 326 g/mol. The van der Waals surface area contributed by atoms with Crippen molar-refractivity contribution >= 4 is 5.91 Å². The molecule has 2 rings (SSSR count). The van der Waals surface area contributed by atoms with Gasteiger partial charge in [0.25, 0.3) is 5.91 Å². The molecule has 0 aliphatic carbocycles. The number of carbonyl (C=O) groups excluding carboxylic acids is 1. The summed E-state index contributed by atoms with van der Waals surface area (Å²) in [6, 6.07) is 10.1. The maximum absolute atomic E-state index is 12.2. The third kappa shape index (κ3) is 5.25.